The van der Waals surface area contributed by atoms with E-state index >= 15 is 0 Å². The Hall–Kier alpha value is -2.29. The fraction of sp³-hybridized carbons (Fsp3) is 0.250. The number of sulfonamides is 1. The van der Waals surface area contributed by atoms with Gasteiger partial charge in [0.05, 0.1) is 9.82 Å². The first-order valence-corrected chi connectivity index (χ1v) is 8.94. The van der Waals surface area contributed by atoms with E-state index in [9.17, 15) is 18.5 Å². The quantitative estimate of drug-likeness (QED) is 0.560. The molecule has 7 nitrogen and oxygen atoms in total. The van der Waals surface area contributed by atoms with E-state index in [-0.39, 0.29) is 10.6 Å². The molecule has 2 aromatic rings. The van der Waals surface area contributed by atoms with Gasteiger partial charge in [0.2, 0.25) is 10.0 Å². The van der Waals surface area contributed by atoms with Crippen molar-refractivity contribution in [2.45, 2.75) is 23.8 Å². The maximum Gasteiger partial charge on any atom is 0.269 e. The first-order chi connectivity index (χ1) is 11.4. The molecule has 1 atom stereocenters. The average Bonchev–Trinajstić information content (AvgIpc) is 2.59. The van der Waals surface area contributed by atoms with E-state index in [1.54, 1.807) is 0 Å². The van der Waals surface area contributed by atoms with Gasteiger partial charge in [0.1, 0.15) is 0 Å². The number of benzene rings is 2. The number of nitro groups is 1. The molecule has 0 amide bonds. The van der Waals surface area contributed by atoms with Crippen LogP contribution in [0.4, 0.5) is 5.69 Å². The fourth-order valence-electron chi connectivity index (χ4n) is 2.30. The van der Waals surface area contributed by atoms with Crippen LogP contribution < -0.4 is 10.5 Å². The summed E-state index contributed by atoms with van der Waals surface area (Å²) in [5.41, 5.74) is 6.22. The van der Waals surface area contributed by atoms with Gasteiger partial charge in [-0.25, -0.2) is 13.1 Å². The molecule has 0 saturated carbocycles. The molecular weight excluding hydrogens is 330 g/mol. The molecule has 0 aliphatic carbocycles. The van der Waals surface area contributed by atoms with Gasteiger partial charge in [-0.1, -0.05) is 30.3 Å². The molecule has 24 heavy (non-hydrogen) atoms. The zero-order valence-electron chi connectivity index (χ0n) is 13.0. The summed E-state index contributed by atoms with van der Waals surface area (Å²) in [5, 5.41) is 10.7. The highest BCUT2D eigenvalue weighted by molar-refractivity contribution is 7.89. The Morgan fingerprint density at radius 2 is 1.71 bits per heavy atom. The van der Waals surface area contributed by atoms with Crippen LogP contribution in [0.15, 0.2) is 59.5 Å². The zero-order valence-corrected chi connectivity index (χ0v) is 13.8. The summed E-state index contributed by atoms with van der Waals surface area (Å²) in [6, 6.07) is 13.6. The highest BCUT2D eigenvalue weighted by Crippen LogP contribution is 2.22. The maximum absolute atomic E-state index is 12.5. The summed E-state index contributed by atoms with van der Waals surface area (Å²) >= 11 is 0. The number of nitrogens with zero attached hydrogens (tertiary/aromatic N) is 1. The molecule has 0 spiro atoms. The summed E-state index contributed by atoms with van der Waals surface area (Å²) in [6.45, 7) is 0.461. The van der Waals surface area contributed by atoms with Crippen LogP contribution in [0.1, 0.15) is 24.4 Å². The van der Waals surface area contributed by atoms with Crippen LogP contribution in [-0.4, -0.2) is 19.9 Å². The molecule has 0 bridgehead atoms. The molecule has 8 heteroatoms. The second-order valence-corrected chi connectivity index (χ2v) is 6.98. The Bertz CT molecular complexity index is 777. The SMILES string of the molecule is NCCCC(NS(=O)(=O)c1ccc([N+](=O)[O-])cc1)c1ccccc1. The van der Waals surface area contributed by atoms with Crippen molar-refractivity contribution in [3.8, 4) is 0 Å². The Balaban J connectivity index is 2.24. The molecule has 0 aliphatic heterocycles. The Labute approximate surface area is 140 Å². The average molecular weight is 349 g/mol. The topological polar surface area (TPSA) is 115 Å². The summed E-state index contributed by atoms with van der Waals surface area (Å²) in [6.07, 6.45) is 1.23. The van der Waals surface area contributed by atoms with Gasteiger partial charge in [0.15, 0.2) is 0 Å². The van der Waals surface area contributed by atoms with Crippen molar-refractivity contribution in [1.29, 1.82) is 0 Å². The molecule has 128 valence electrons. The van der Waals surface area contributed by atoms with Gasteiger partial charge >= 0.3 is 0 Å². The largest absolute Gasteiger partial charge is 0.330 e. The molecule has 1 unspecified atom stereocenters. The number of hydrogen-bond acceptors (Lipinski definition) is 5. The van der Waals surface area contributed by atoms with Crippen molar-refractivity contribution in [1.82, 2.24) is 4.72 Å². The minimum absolute atomic E-state index is 0.0122. The van der Waals surface area contributed by atoms with Crippen molar-refractivity contribution in [3.05, 3.63) is 70.3 Å². The molecule has 2 rings (SSSR count). The Morgan fingerprint density at radius 3 is 2.25 bits per heavy atom. The predicted octanol–water partition coefficient (Wildman–Crippen LogP) is 2.35. The van der Waals surface area contributed by atoms with Crippen LogP contribution in [0.3, 0.4) is 0 Å². The van der Waals surface area contributed by atoms with Gasteiger partial charge in [-0.05, 0) is 37.1 Å². The van der Waals surface area contributed by atoms with E-state index < -0.39 is 21.0 Å². The van der Waals surface area contributed by atoms with Gasteiger partial charge < -0.3 is 5.73 Å². The molecular formula is C16H19N3O4S. The van der Waals surface area contributed by atoms with Crippen molar-refractivity contribution in [2.24, 2.45) is 5.73 Å². The van der Waals surface area contributed by atoms with E-state index in [2.05, 4.69) is 4.72 Å². The van der Waals surface area contributed by atoms with Crippen LogP contribution in [0.5, 0.6) is 0 Å². The zero-order chi connectivity index (χ0) is 17.6. The molecule has 0 aliphatic rings. The Kier molecular flexibility index (Phi) is 6.02. The highest BCUT2D eigenvalue weighted by atomic mass is 32.2. The highest BCUT2D eigenvalue weighted by Gasteiger charge is 2.21. The lowest BCUT2D eigenvalue weighted by atomic mass is 10.0. The van der Waals surface area contributed by atoms with Crippen LogP contribution in [0, 0.1) is 10.1 Å². The molecule has 0 saturated heterocycles. The lowest BCUT2D eigenvalue weighted by Gasteiger charge is -2.19. The van der Waals surface area contributed by atoms with Crippen molar-refractivity contribution < 1.29 is 13.3 Å². The number of nitrogens with one attached hydrogen (secondary N) is 1. The van der Waals surface area contributed by atoms with Gasteiger partial charge in [0.25, 0.3) is 5.69 Å². The summed E-state index contributed by atoms with van der Waals surface area (Å²) in [7, 11) is -3.79. The first kappa shape index (κ1) is 18.1. The van der Waals surface area contributed by atoms with Crippen molar-refractivity contribution >= 4 is 15.7 Å². The maximum atomic E-state index is 12.5. The lowest BCUT2D eigenvalue weighted by molar-refractivity contribution is -0.384. The second kappa shape index (κ2) is 8.00. The summed E-state index contributed by atoms with van der Waals surface area (Å²) in [4.78, 5) is 10.1. The van der Waals surface area contributed by atoms with Crippen LogP contribution >= 0.6 is 0 Å². The first-order valence-electron chi connectivity index (χ1n) is 7.46. The van der Waals surface area contributed by atoms with Gasteiger partial charge in [-0.2, -0.15) is 0 Å². The Morgan fingerprint density at radius 1 is 1.08 bits per heavy atom. The van der Waals surface area contributed by atoms with E-state index in [1.165, 1.54) is 24.3 Å². The van der Waals surface area contributed by atoms with Crippen molar-refractivity contribution in [2.75, 3.05) is 6.54 Å². The second-order valence-electron chi connectivity index (χ2n) is 5.27. The summed E-state index contributed by atoms with van der Waals surface area (Å²) < 4.78 is 27.8. The van der Waals surface area contributed by atoms with E-state index in [0.29, 0.717) is 19.4 Å². The van der Waals surface area contributed by atoms with Crippen LogP contribution in [0.25, 0.3) is 0 Å². The number of non-ortho nitro benzene ring substituents is 1. The van der Waals surface area contributed by atoms with E-state index in [1.807, 2.05) is 30.3 Å². The third kappa shape index (κ3) is 4.60. The lowest BCUT2D eigenvalue weighted by Crippen LogP contribution is -2.29. The number of nitrogens with two attached hydrogens (primary N) is 1. The van der Waals surface area contributed by atoms with Gasteiger partial charge in [-0.15, -0.1) is 0 Å². The molecule has 3 N–H and O–H groups in total. The molecule has 0 heterocycles. The normalized spacial score (nSPS) is 12.7. The molecule has 0 radical (unpaired) electrons. The van der Waals surface area contributed by atoms with Crippen LogP contribution in [0.2, 0.25) is 0 Å². The fourth-order valence-corrected chi connectivity index (χ4v) is 3.56. The van der Waals surface area contributed by atoms with E-state index in [4.69, 9.17) is 5.73 Å². The molecule has 2 aromatic carbocycles. The molecule has 0 fully saturated rings. The third-order valence-corrected chi connectivity index (χ3v) is 5.04. The van der Waals surface area contributed by atoms with Crippen molar-refractivity contribution in [3.63, 3.8) is 0 Å². The number of nitro benzene ring substituents is 1. The third-order valence-electron chi connectivity index (χ3n) is 3.55. The van der Waals surface area contributed by atoms with Gasteiger partial charge in [0, 0.05) is 18.2 Å². The minimum atomic E-state index is -3.79. The molecule has 0 aromatic heterocycles. The number of rotatable bonds is 8. The smallest absolute Gasteiger partial charge is 0.269 e. The minimum Gasteiger partial charge on any atom is -0.330 e. The summed E-state index contributed by atoms with van der Waals surface area (Å²) in [5.74, 6) is 0. The van der Waals surface area contributed by atoms with Crippen LogP contribution in [-0.2, 0) is 10.0 Å². The van der Waals surface area contributed by atoms with E-state index in [0.717, 1.165) is 5.56 Å². The number of hydrogen-bond donors (Lipinski definition) is 2. The van der Waals surface area contributed by atoms with Gasteiger partial charge in [-0.3, -0.25) is 10.1 Å². The standard InChI is InChI=1S/C16H19N3O4S/c17-12-4-7-16(13-5-2-1-3-6-13)18-24(22,23)15-10-8-14(9-11-15)19(20)21/h1-3,5-6,8-11,16,18H,4,7,12,17H2. The predicted molar refractivity (Wildman–Crippen MR) is 90.9 cm³/mol. The monoisotopic (exact) mass is 349 g/mol.